The highest BCUT2D eigenvalue weighted by atomic mass is 14.1. The maximum atomic E-state index is 2.30. The van der Waals surface area contributed by atoms with Crippen LogP contribution in [0, 0.1) is 18.8 Å². The maximum absolute atomic E-state index is 2.30. The smallest absolute Gasteiger partial charge is 0.0398 e. The van der Waals surface area contributed by atoms with Crippen LogP contribution < -0.4 is 0 Å². The summed E-state index contributed by atoms with van der Waals surface area (Å²) in [5, 5.41) is 0. The summed E-state index contributed by atoms with van der Waals surface area (Å²) in [7, 11) is 0. The van der Waals surface area contributed by atoms with Crippen molar-refractivity contribution in [2.45, 2.75) is 67.7 Å². The zero-order chi connectivity index (χ0) is 14.4. The fraction of sp³-hybridized carbons (Fsp3) is 0.667. The number of rotatable bonds is 4. The molecule has 0 fully saturated rings. The van der Waals surface area contributed by atoms with Crippen molar-refractivity contribution < 1.29 is 0 Å². The molecule has 1 aromatic carbocycles. The lowest BCUT2D eigenvalue weighted by Gasteiger charge is -2.13. The first-order valence-corrected chi connectivity index (χ1v) is 7.61. The molecule has 0 aromatic heterocycles. The van der Waals surface area contributed by atoms with Crippen LogP contribution in [0.3, 0.4) is 0 Å². The van der Waals surface area contributed by atoms with Crippen LogP contribution in [-0.4, -0.2) is 0 Å². The van der Waals surface area contributed by atoms with Crippen LogP contribution in [0.15, 0.2) is 30.3 Å². The average molecular weight is 250 g/mol. The van der Waals surface area contributed by atoms with Gasteiger partial charge in [-0.15, -0.1) is 0 Å². The Kier molecular flexibility index (Phi) is 15.5. The largest absolute Gasteiger partial charge is 0.0683 e. The first-order chi connectivity index (χ1) is 8.60. The Bertz CT molecular complexity index is 231. The fourth-order valence-corrected chi connectivity index (χ4v) is 1.82. The van der Waals surface area contributed by atoms with E-state index in [1.807, 2.05) is 32.0 Å². The van der Waals surface area contributed by atoms with Crippen LogP contribution in [0.1, 0.15) is 66.4 Å². The van der Waals surface area contributed by atoms with Crippen LogP contribution in [0.2, 0.25) is 0 Å². The molecule has 0 radical (unpaired) electrons. The van der Waals surface area contributed by atoms with Gasteiger partial charge in [0.15, 0.2) is 0 Å². The summed E-state index contributed by atoms with van der Waals surface area (Å²) in [6, 6.07) is 10.3. The molecule has 0 nitrogen and oxygen atoms in total. The van der Waals surface area contributed by atoms with Crippen LogP contribution in [0.4, 0.5) is 0 Å². The minimum atomic E-state index is 0.884. The summed E-state index contributed by atoms with van der Waals surface area (Å²) < 4.78 is 0. The van der Waals surface area contributed by atoms with Crippen LogP contribution in [0.5, 0.6) is 0 Å². The quantitative estimate of drug-likeness (QED) is 0.573. The monoisotopic (exact) mass is 250 g/mol. The standard InChI is InChI=1S/C9H20.C7H8.C2H6/c1-5-9(6-2)7-8(3)4;1-7-5-3-2-4-6-7;1-2/h8-9H,5-7H2,1-4H3;2-6H,1H3;1-2H3. The third-order valence-corrected chi connectivity index (χ3v) is 2.90. The summed E-state index contributed by atoms with van der Waals surface area (Å²) in [5.41, 5.74) is 1.32. The molecule has 0 saturated heterocycles. The normalized spacial score (nSPS) is 9.39. The Morgan fingerprint density at radius 2 is 1.33 bits per heavy atom. The summed E-state index contributed by atoms with van der Waals surface area (Å²) in [6.07, 6.45) is 4.12. The van der Waals surface area contributed by atoms with E-state index in [0.717, 1.165) is 11.8 Å². The van der Waals surface area contributed by atoms with E-state index in [1.165, 1.54) is 24.8 Å². The van der Waals surface area contributed by atoms with Crippen molar-refractivity contribution in [1.29, 1.82) is 0 Å². The molecule has 18 heavy (non-hydrogen) atoms. The van der Waals surface area contributed by atoms with E-state index in [9.17, 15) is 0 Å². The van der Waals surface area contributed by atoms with E-state index in [4.69, 9.17) is 0 Å². The molecule has 0 spiro atoms. The Morgan fingerprint density at radius 1 is 0.889 bits per heavy atom. The topological polar surface area (TPSA) is 0 Å². The lowest BCUT2D eigenvalue weighted by atomic mass is 9.93. The highest BCUT2D eigenvalue weighted by Gasteiger charge is 2.04. The van der Waals surface area contributed by atoms with Crippen molar-refractivity contribution in [2.75, 3.05) is 0 Å². The molecule has 0 atom stereocenters. The zero-order valence-electron chi connectivity index (χ0n) is 13.7. The van der Waals surface area contributed by atoms with Gasteiger partial charge in [0.05, 0.1) is 0 Å². The third-order valence-electron chi connectivity index (χ3n) is 2.90. The Labute approximate surface area is 116 Å². The van der Waals surface area contributed by atoms with E-state index in [2.05, 4.69) is 46.8 Å². The van der Waals surface area contributed by atoms with Gasteiger partial charge in [-0.05, 0) is 25.2 Å². The number of aryl methyl sites for hydroxylation is 1. The van der Waals surface area contributed by atoms with Crippen molar-refractivity contribution >= 4 is 0 Å². The maximum Gasteiger partial charge on any atom is -0.0398 e. The van der Waals surface area contributed by atoms with Crippen molar-refractivity contribution in [2.24, 2.45) is 11.8 Å². The molecule has 0 heterocycles. The highest BCUT2D eigenvalue weighted by Crippen LogP contribution is 2.17. The Morgan fingerprint density at radius 3 is 1.50 bits per heavy atom. The van der Waals surface area contributed by atoms with Gasteiger partial charge in [0.25, 0.3) is 0 Å². The van der Waals surface area contributed by atoms with E-state index in [1.54, 1.807) is 0 Å². The number of hydrogen-bond donors (Lipinski definition) is 0. The molecule has 0 N–H and O–H groups in total. The summed E-state index contributed by atoms with van der Waals surface area (Å²) in [5.74, 6) is 1.86. The third kappa shape index (κ3) is 13.3. The van der Waals surface area contributed by atoms with Crippen LogP contribution in [-0.2, 0) is 0 Å². The summed E-state index contributed by atoms with van der Waals surface area (Å²) >= 11 is 0. The van der Waals surface area contributed by atoms with Crippen molar-refractivity contribution in [1.82, 2.24) is 0 Å². The fourth-order valence-electron chi connectivity index (χ4n) is 1.82. The van der Waals surface area contributed by atoms with E-state index in [-0.39, 0.29) is 0 Å². The van der Waals surface area contributed by atoms with Crippen molar-refractivity contribution in [3.63, 3.8) is 0 Å². The molecule has 1 aromatic rings. The predicted octanol–water partition coefficient (Wildman–Crippen LogP) is 6.49. The van der Waals surface area contributed by atoms with Gasteiger partial charge in [-0.1, -0.05) is 90.3 Å². The molecule has 0 bridgehead atoms. The van der Waals surface area contributed by atoms with Gasteiger partial charge in [0, 0.05) is 0 Å². The van der Waals surface area contributed by atoms with Gasteiger partial charge in [-0.25, -0.2) is 0 Å². The molecule has 0 heteroatoms. The van der Waals surface area contributed by atoms with Gasteiger partial charge in [-0.3, -0.25) is 0 Å². The molecule has 0 aliphatic heterocycles. The minimum Gasteiger partial charge on any atom is -0.0683 e. The molecule has 0 aliphatic rings. The van der Waals surface area contributed by atoms with Crippen LogP contribution in [0.25, 0.3) is 0 Å². The van der Waals surface area contributed by atoms with Gasteiger partial charge in [0.1, 0.15) is 0 Å². The van der Waals surface area contributed by atoms with Crippen LogP contribution >= 0.6 is 0 Å². The van der Waals surface area contributed by atoms with E-state index in [0.29, 0.717) is 0 Å². The lowest BCUT2D eigenvalue weighted by Crippen LogP contribution is -2.00. The second-order valence-corrected chi connectivity index (χ2v) is 4.97. The Balaban J connectivity index is 0. The first-order valence-electron chi connectivity index (χ1n) is 7.61. The minimum absolute atomic E-state index is 0.884. The van der Waals surface area contributed by atoms with E-state index < -0.39 is 0 Å². The molecule has 1 rings (SSSR count). The van der Waals surface area contributed by atoms with Gasteiger partial charge in [0.2, 0.25) is 0 Å². The van der Waals surface area contributed by atoms with Gasteiger partial charge >= 0.3 is 0 Å². The van der Waals surface area contributed by atoms with Crippen molar-refractivity contribution in [3.8, 4) is 0 Å². The van der Waals surface area contributed by atoms with Gasteiger partial charge in [-0.2, -0.15) is 0 Å². The molecule has 0 unspecified atom stereocenters. The molecular weight excluding hydrogens is 216 g/mol. The predicted molar refractivity (Wildman–Crippen MR) is 86.1 cm³/mol. The van der Waals surface area contributed by atoms with Crippen molar-refractivity contribution in [3.05, 3.63) is 35.9 Å². The summed E-state index contributed by atoms with van der Waals surface area (Å²) in [6.45, 7) is 15.3. The van der Waals surface area contributed by atoms with Gasteiger partial charge < -0.3 is 0 Å². The molecule has 0 aliphatic carbocycles. The van der Waals surface area contributed by atoms with E-state index >= 15 is 0 Å². The molecule has 0 amide bonds. The zero-order valence-corrected chi connectivity index (χ0v) is 13.7. The molecule has 106 valence electrons. The number of benzene rings is 1. The summed E-state index contributed by atoms with van der Waals surface area (Å²) in [4.78, 5) is 0. The SMILES string of the molecule is CC.CCC(CC)CC(C)C.Cc1ccccc1. The second-order valence-electron chi connectivity index (χ2n) is 4.97. The average Bonchev–Trinajstić information content (AvgIpc) is 2.39. The lowest BCUT2D eigenvalue weighted by molar-refractivity contribution is 0.388. The highest BCUT2D eigenvalue weighted by molar-refractivity contribution is 5.11. The Hall–Kier alpha value is -0.780. The molecular formula is C18H34. The first kappa shape index (κ1) is 19.6. The molecule has 0 saturated carbocycles. The number of hydrogen-bond acceptors (Lipinski definition) is 0. The second kappa shape index (κ2) is 14.3.